The Labute approximate surface area is 118 Å². The van der Waals surface area contributed by atoms with E-state index >= 15 is 0 Å². The molecule has 0 radical (unpaired) electrons. The number of nitrogens with one attached hydrogen (secondary N) is 1. The number of amides is 1. The van der Waals surface area contributed by atoms with Crippen LogP contribution in [0.5, 0.6) is 0 Å². The van der Waals surface area contributed by atoms with Crippen LogP contribution in [0.2, 0.25) is 0 Å². The van der Waals surface area contributed by atoms with Crippen molar-refractivity contribution < 1.29 is 4.79 Å². The maximum absolute atomic E-state index is 11.4. The average Bonchev–Trinajstić information content (AvgIpc) is 2.47. The van der Waals surface area contributed by atoms with Crippen molar-refractivity contribution in [1.29, 1.82) is 0 Å². The molecule has 0 saturated heterocycles. The Balaban J connectivity index is 2.13. The van der Waals surface area contributed by atoms with Crippen molar-refractivity contribution in [3.63, 3.8) is 0 Å². The normalized spacial score (nSPS) is 10.2. The first-order valence-electron chi connectivity index (χ1n) is 6.35. The van der Waals surface area contributed by atoms with Gasteiger partial charge in [-0.1, -0.05) is 23.8 Å². The van der Waals surface area contributed by atoms with E-state index in [0.29, 0.717) is 12.2 Å². The fraction of sp³-hybridized carbons (Fsp3) is 0.200. The van der Waals surface area contributed by atoms with Crippen molar-refractivity contribution in [2.45, 2.75) is 13.5 Å². The lowest BCUT2D eigenvalue weighted by Gasteiger charge is -2.19. The van der Waals surface area contributed by atoms with E-state index in [1.165, 1.54) is 5.56 Å². The summed E-state index contributed by atoms with van der Waals surface area (Å²) in [5.74, 6) is 4.73. The molecule has 3 N–H and O–H groups in total. The summed E-state index contributed by atoms with van der Waals surface area (Å²) < 4.78 is 0. The quantitative estimate of drug-likeness (QED) is 0.503. The van der Waals surface area contributed by atoms with E-state index in [0.717, 1.165) is 11.4 Å². The smallest absolute Gasteiger partial charge is 0.283 e. The Morgan fingerprint density at radius 3 is 2.60 bits per heavy atom. The first kappa shape index (κ1) is 14.0. The van der Waals surface area contributed by atoms with Gasteiger partial charge >= 0.3 is 0 Å². The minimum absolute atomic E-state index is 0.322. The first-order chi connectivity index (χ1) is 9.60. The lowest BCUT2D eigenvalue weighted by molar-refractivity contribution is 0.0948. The summed E-state index contributed by atoms with van der Waals surface area (Å²) in [6.45, 7) is 2.68. The van der Waals surface area contributed by atoms with Crippen molar-refractivity contribution in [2.75, 3.05) is 11.9 Å². The molecule has 5 nitrogen and oxygen atoms in total. The zero-order chi connectivity index (χ0) is 14.5. The summed E-state index contributed by atoms with van der Waals surface area (Å²) in [4.78, 5) is 17.8. The molecule has 0 atom stereocenters. The molecule has 2 aromatic rings. The number of hydrogen-bond acceptors (Lipinski definition) is 4. The number of hydrazine groups is 1. The number of rotatable bonds is 4. The van der Waals surface area contributed by atoms with E-state index in [4.69, 9.17) is 5.84 Å². The van der Waals surface area contributed by atoms with Crippen molar-refractivity contribution in [3.05, 3.63) is 59.4 Å². The van der Waals surface area contributed by atoms with Crippen molar-refractivity contribution in [2.24, 2.45) is 5.84 Å². The van der Waals surface area contributed by atoms with Gasteiger partial charge in [0.25, 0.3) is 5.91 Å². The number of aryl methyl sites for hydroxylation is 1. The van der Waals surface area contributed by atoms with Gasteiger partial charge in [-0.2, -0.15) is 0 Å². The third kappa shape index (κ3) is 3.33. The molecule has 104 valence electrons. The van der Waals surface area contributed by atoms with Crippen LogP contribution in [0.4, 0.5) is 5.69 Å². The van der Waals surface area contributed by atoms with Crippen LogP contribution < -0.4 is 16.2 Å². The van der Waals surface area contributed by atoms with Gasteiger partial charge in [0.2, 0.25) is 0 Å². The first-order valence-corrected chi connectivity index (χ1v) is 6.35. The Hall–Kier alpha value is -2.40. The molecule has 2 rings (SSSR count). The largest absolute Gasteiger partial charge is 0.369 e. The van der Waals surface area contributed by atoms with Crippen LogP contribution in [0.3, 0.4) is 0 Å². The Kier molecular flexibility index (Phi) is 4.32. The highest BCUT2D eigenvalue weighted by Crippen LogP contribution is 2.15. The van der Waals surface area contributed by atoms with Crippen molar-refractivity contribution in [3.8, 4) is 0 Å². The summed E-state index contributed by atoms with van der Waals surface area (Å²) >= 11 is 0. The number of nitrogens with zero attached hydrogens (tertiary/aromatic N) is 2. The van der Waals surface area contributed by atoms with E-state index < -0.39 is 0 Å². The lowest BCUT2D eigenvalue weighted by Crippen LogP contribution is -2.31. The van der Waals surface area contributed by atoms with Crippen LogP contribution in [0, 0.1) is 6.92 Å². The summed E-state index contributed by atoms with van der Waals surface area (Å²) in [6, 6.07) is 13.6. The fourth-order valence-corrected chi connectivity index (χ4v) is 1.90. The zero-order valence-corrected chi connectivity index (χ0v) is 11.6. The van der Waals surface area contributed by atoms with Gasteiger partial charge in [0.05, 0.1) is 12.2 Å². The van der Waals surface area contributed by atoms with Gasteiger partial charge in [-0.05, 0) is 31.2 Å². The summed E-state index contributed by atoms with van der Waals surface area (Å²) in [5, 5.41) is 0. The molecule has 0 bridgehead atoms. The number of benzene rings is 1. The molecule has 0 fully saturated rings. The van der Waals surface area contributed by atoms with E-state index in [-0.39, 0.29) is 5.91 Å². The van der Waals surface area contributed by atoms with E-state index in [2.05, 4.69) is 46.5 Å². The van der Waals surface area contributed by atoms with Gasteiger partial charge in [0, 0.05) is 12.7 Å². The number of aromatic nitrogens is 1. The van der Waals surface area contributed by atoms with E-state index in [9.17, 15) is 4.79 Å². The maximum Gasteiger partial charge on any atom is 0.283 e. The molecule has 5 heteroatoms. The predicted molar refractivity (Wildman–Crippen MR) is 79.2 cm³/mol. The molecule has 1 aromatic carbocycles. The fourth-order valence-electron chi connectivity index (χ4n) is 1.90. The highest BCUT2D eigenvalue weighted by Gasteiger charge is 2.08. The van der Waals surface area contributed by atoms with Crippen LogP contribution in [-0.4, -0.2) is 17.9 Å². The monoisotopic (exact) mass is 270 g/mol. The molecule has 0 aliphatic heterocycles. The third-order valence-electron chi connectivity index (χ3n) is 3.04. The topological polar surface area (TPSA) is 71.2 Å². The van der Waals surface area contributed by atoms with E-state index in [1.807, 2.05) is 13.1 Å². The van der Waals surface area contributed by atoms with Crippen LogP contribution in [-0.2, 0) is 6.54 Å². The van der Waals surface area contributed by atoms with Gasteiger partial charge < -0.3 is 4.90 Å². The molecular weight excluding hydrogens is 252 g/mol. The Morgan fingerprint density at radius 2 is 1.95 bits per heavy atom. The standard InChI is InChI=1S/C15H18N4O/c1-11-6-8-13(9-7-11)19(2)10-12-4-3-5-14(17-12)15(20)18-16/h3-9H,10,16H2,1-2H3,(H,18,20). The number of anilines is 1. The van der Waals surface area contributed by atoms with Crippen LogP contribution in [0.15, 0.2) is 42.5 Å². The number of carbonyl (C=O) groups is 1. The second kappa shape index (κ2) is 6.16. The van der Waals surface area contributed by atoms with Crippen LogP contribution in [0.1, 0.15) is 21.7 Å². The maximum atomic E-state index is 11.4. The molecule has 0 spiro atoms. The van der Waals surface area contributed by atoms with Gasteiger partial charge in [0.15, 0.2) is 0 Å². The van der Waals surface area contributed by atoms with Gasteiger partial charge in [-0.25, -0.2) is 10.8 Å². The van der Waals surface area contributed by atoms with Gasteiger partial charge in [0.1, 0.15) is 5.69 Å². The SMILES string of the molecule is Cc1ccc(N(C)Cc2cccc(C(=O)NN)n2)cc1. The van der Waals surface area contributed by atoms with Crippen molar-refractivity contribution in [1.82, 2.24) is 10.4 Å². The van der Waals surface area contributed by atoms with Gasteiger partial charge in [-0.3, -0.25) is 10.2 Å². The number of pyridine rings is 1. The number of nitrogens with two attached hydrogens (primary N) is 1. The van der Waals surface area contributed by atoms with Crippen LogP contribution >= 0.6 is 0 Å². The predicted octanol–water partition coefficient (Wildman–Crippen LogP) is 1.63. The van der Waals surface area contributed by atoms with Crippen molar-refractivity contribution >= 4 is 11.6 Å². The molecule has 1 heterocycles. The number of nitrogen functional groups attached to an aromatic ring is 1. The third-order valence-corrected chi connectivity index (χ3v) is 3.04. The van der Waals surface area contributed by atoms with E-state index in [1.54, 1.807) is 12.1 Å². The second-order valence-corrected chi connectivity index (χ2v) is 4.68. The molecule has 1 aromatic heterocycles. The molecule has 20 heavy (non-hydrogen) atoms. The summed E-state index contributed by atoms with van der Waals surface area (Å²) in [5.41, 5.74) is 5.55. The summed E-state index contributed by atoms with van der Waals surface area (Å²) in [6.07, 6.45) is 0. The molecule has 0 aliphatic carbocycles. The number of carbonyl (C=O) groups excluding carboxylic acids is 1. The van der Waals surface area contributed by atoms with Crippen LogP contribution in [0.25, 0.3) is 0 Å². The lowest BCUT2D eigenvalue weighted by atomic mass is 10.2. The average molecular weight is 270 g/mol. The Morgan fingerprint density at radius 1 is 1.25 bits per heavy atom. The minimum atomic E-state index is -0.384. The molecule has 0 unspecified atom stereocenters. The zero-order valence-electron chi connectivity index (χ0n) is 11.6. The molecule has 1 amide bonds. The minimum Gasteiger partial charge on any atom is -0.369 e. The Bertz CT molecular complexity index is 595. The molecule has 0 aliphatic rings. The van der Waals surface area contributed by atoms with Gasteiger partial charge in [-0.15, -0.1) is 0 Å². The molecule has 0 saturated carbocycles. The number of hydrogen-bond donors (Lipinski definition) is 2. The second-order valence-electron chi connectivity index (χ2n) is 4.68. The highest BCUT2D eigenvalue weighted by molar-refractivity contribution is 5.91. The highest BCUT2D eigenvalue weighted by atomic mass is 16.2. The molecular formula is C15H18N4O. The summed E-state index contributed by atoms with van der Waals surface area (Å²) in [7, 11) is 1.99.